The Balaban J connectivity index is 2.51. The Bertz CT molecular complexity index is 405. The number of carbonyl (C=O) groups excluding carboxylic acids is 1. The highest BCUT2D eigenvalue weighted by Crippen LogP contribution is 2.29. The predicted octanol–water partition coefficient (Wildman–Crippen LogP) is 2.98. The van der Waals surface area contributed by atoms with E-state index in [1.54, 1.807) is 6.92 Å². The Hall–Kier alpha value is -0.890. The molecule has 0 bridgehead atoms. The normalized spacial score (nSPS) is 13.8. The van der Waals surface area contributed by atoms with Gasteiger partial charge in [0, 0.05) is 10.0 Å². The third-order valence-corrected chi connectivity index (χ3v) is 2.76. The second kappa shape index (κ2) is 3.11. The molecular formula is C11H9BrO. The summed E-state index contributed by atoms with van der Waals surface area (Å²) < 4.78 is 1.07. The highest BCUT2D eigenvalue weighted by atomic mass is 79.9. The average molecular weight is 237 g/mol. The third kappa shape index (κ3) is 1.46. The molecule has 0 fully saturated rings. The highest BCUT2D eigenvalue weighted by molar-refractivity contribution is 9.10. The fraction of sp³-hybridized carbons (Fsp3) is 0.182. The van der Waals surface area contributed by atoms with Crippen molar-refractivity contribution in [2.24, 2.45) is 0 Å². The van der Waals surface area contributed by atoms with Gasteiger partial charge in [-0.05, 0) is 36.6 Å². The van der Waals surface area contributed by atoms with E-state index in [0.717, 1.165) is 22.0 Å². The number of fused-ring (bicyclic) bond motifs is 1. The first-order valence-electron chi connectivity index (χ1n) is 4.18. The molecule has 0 spiro atoms. The van der Waals surface area contributed by atoms with Crippen LogP contribution in [0.3, 0.4) is 0 Å². The molecule has 0 saturated heterocycles. The Kier molecular flexibility index (Phi) is 2.08. The van der Waals surface area contributed by atoms with E-state index in [0.29, 0.717) is 0 Å². The fourth-order valence-electron chi connectivity index (χ4n) is 1.65. The predicted molar refractivity (Wildman–Crippen MR) is 56.5 cm³/mol. The lowest BCUT2D eigenvalue weighted by Gasteiger charge is -2.02. The van der Waals surface area contributed by atoms with E-state index in [1.165, 1.54) is 5.56 Å². The van der Waals surface area contributed by atoms with E-state index in [-0.39, 0.29) is 5.78 Å². The zero-order valence-electron chi connectivity index (χ0n) is 7.30. The molecule has 2 heteroatoms. The van der Waals surface area contributed by atoms with Crippen molar-refractivity contribution in [1.82, 2.24) is 0 Å². The van der Waals surface area contributed by atoms with Gasteiger partial charge in [-0.15, -0.1) is 0 Å². The summed E-state index contributed by atoms with van der Waals surface area (Å²) in [7, 11) is 0. The molecule has 0 N–H and O–H groups in total. The molecule has 0 radical (unpaired) electrons. The van der Waals surface area contributed by atoms with Crippen molar-refractivity contribution in [3.63, 3.8) is 0 Å². The van der Waals surface area contributed by atoms with E-state index < -0.39 is 0 Å². The molecule has 1 aromatic carbocycles. The molecule has 1 nitrogen and oxygen atoms in total. The third-order valence-electron chi connectivity index (χ3n) is 2.26. The lowest BCUT2D eigenvalue weighted by molar-refractivity contribution is -0.111. The van der Waals surface area contributed by atoms with Crippen LogP contribution in [0.1, 0.15) is 18.1 Å². The number of allylic oxidation sites excluding steroid dienone is 2. The second-order valence-electron chi connectivity index (χ2n) is 3.18. The molecule has 66 valence electrons. The van der Waals surface area contributed by atoms with Gasteiger partial charge in [-0.1, -0.05) is 28.1 Å². The summed E-state index contributed by atoms with van der Waals surface area (Å²) in [6, 6.07) is 6.04. The Morgan fingerprint density at radius 1 is 1.46 bits per heavy atom. The standard InChI is InChI=1S/C11H9BrO/c1-7(13)10-4-2-8-6-9(12)3-5-11(8)10/h3-6H,2H2,1H3. The average Bonchev–Trinajstić information content (AvgIpc) is 2.46. The van der Waals surface area contributed by atoms with Crippen LogP contribution in [0.25, 0.3) is 5.57 Å². The maximum absolute atomic E-state index is 11.2. The molecule has 0 amide bonds. The molecule has 13 heavy (non-hydrogen) atoms. The SMILES string of the molecule is CC(=O)C1=CCc2cc(Br)ccc21. The molecule has 0 aromatic heterocycles. The van der Waals surface area contributed by atoms with Gasteiger partial charge >= 0.3 is 0 Å². The fourth-order valence-corrected chi connectivity index (χ4v) is 2.06. The Labute approximate surface area is 85.6 Å². The minimum Gasteiger partial charge on any atom is -0.295 e. The van der Waals surface area contributed by atoms with Gasteiger partial charge < -0.3 is 0 Å². The highest BCUT2D eigenvalue weighted by Gasteiger charge is 2.16. The lowest BCUT2D eigenvalue weighted by Crippen LogP contribution is -1.93. The molecule has 1 aromatic rings. The van der Waals surface area contributed by atoms with E-state index in [2.05, 4.69) is 22.0 Å². The summed E-state index contributed by atoms with van der Waals surface area (Å²) in [6.45, 7) is 1.61. The van der Waals surface area contributed by atoms with Gasteiger partial charge in [-0.2, -0.15) is 0 Å². The number of hydrogen-bond donors (Lipinski definition) is 0. The lowest BCUT2D eigenvalue weighted by atomic mass is 10.0. The Morgan fingerprint density at radius 2 is 2.23 bits per heavy atom. The molecule has 1 aliphatic rings. The van der Waals surface area contributed by atoms with Crippen LogP contribution in [-0.4, -0.2) is 5.78 Å². The first-order chi connectivity index (χ1) is 6.18. The summed E-state index contributed by atoms with van der Waals surface area (Å²) in [5.74, 6) is 0.154. The summed E-state index contributed by atoms with van der Waals surface area (Å²) in [4.78, 5) is 11.2. The molecule has 1 aliphatic carbocycles. The van der Waals surface area contributed by atoms with Crippen molar-refractivity contribution in [3.05, 3.63) is 39.9 Å². The number of ketones is 1. The van der Waals surface area contributed by atoms with Gasteiger partial charge in [-0.25, -0.2) is 0 Å². The van der Waals surface area contributed by atoms with Crippen LogP contribution < -0.4 is 0 Å². The van der Waals surface area contributed by atoms with Gasteiger partial charge in [0.1, 0.15) is 0 Å². The summed E-state index contributed by atoms with van der Waals surface area (Å²) >= 11 is 3.41. The smallest absolute Gasteiger partial charge is 0.160 e. The topological polar surface area (TPSA) is 17.1 Å². The van der Waals surface area contributed by atoms with Crippen LogP contribution in [0.4, 0.5) is 0 Å². The molecule has 0 atom stereocenters. The van der Waals surface area contributed by atoms with Gasteiger partial charge in [0.25, 0.3) is 0 Å². The van der Waals surface area contributed by atoms with E-state index in [4.69, 9.17) is 0 Å². The molecule has 2 rings (SSSR count). The monoisotopic (exact) mass is 236 g/mol. The van der Waals surface area contributed by atoms with Crippen LogP contribution in [-0.2, 0) is 11.2 Å². The molecule has 0 heterocycles. The molecule has 0 unspecified atom stereocenters. The minimum absolute atomic E-state index is 0.154. The number of carbonyl (C=O) groups is 1. The molecular weight excluding hydrogens is 228 g/mol. The second-order valence-corrected chi connectivity index (χ2v) is 4.10. The number of halogens is 1. The van der Waals surface area contributed by atoms with E-state index >= 15 is 0 Å². The van der Waals surface area contributed by atoms with Crippen LogP contribution in [0.5, 0.6) is 0 Å². The summed E-state index contributed by atoms with van der Waals surface area (Å²) in [6.07, 6.45) is 2.88. The zero-order valence-corrected chi connectivity index (χ0v) is 8.89. The van der Waals surface area contributed by atoms with Crippen LogP contribution >= 0.6 is 15.9 Å². The first kappa shape index (κ1) is 8.70. The van der Waals surface area contributed by atoms with Gasteiger partial charge in [0.05, 0.1) is 0 Å². The number of benzene rings is 1. The van der Waals surface area contributed by atoms with Crippen molar-refractivity contribution >= 4 is 27.3 Å². The van der Waals surface area contributed by atoms with E-state index in [9.17, 15) is 4.79 Å². The van der Waals surface area contributed by atoms with Gasteiger partial charge in [0.2, 0.25) is 0 Å². The van der Waals surface area contributed by atoms with Crippen molar-refractivity contribution in [1.29, 1.82) is 0 Å². The number of Topliss-reactive ketones (excluding diaryl/α,β-unsaturated/α-hetero) is 1. The largest absolute Gasteiger partial charge is 0.295 e. The molecule has 0 saturated carbocycles. The van der Waals surface area contributed by atoms with Crippen molar-refractivity contribution < 1.29 is 4.79 Å². The summed E-state index contributed by atoms with van der Waals surface area (Å²) in [5.41, 5.74) is 3.19. The van der Waals surface area contributed by atoms with Crippen molar-refractivity contribution in [2.75, 3.05) is 0 Å². The van der Waals surface area contributed by atoms with Gasteiger partial charge in [-0.3, -0.25) is 4.79 Å². The van der Waals surface area contributed by atoms with Crippen molar-refractivity contribution in [3.8, 4) is 0 Å². The maximum atomic E-state index is 11.2. The molecule has 0 aliphatic heterocycles. The zero-order chi connectivity index (χ0) is 9.42. The first-order valence-corrected chi connectivity index (χ1v) is 4.97. The number of hydrogen-bond acceptors (Lipinski definition) is 1. The van der Waals surface area contributed by atoms with Crippen LogP contribution in [0.2, 0.25) is 0 Å². The number of rotatable bonds is 1. The summed E-state index contributed by atoms with van der Waals surface area (Å²) in [5, 5.41) is 0. The Morgan fingerprint density at radius 3 is 2.92 bits per heavy atom. The minimum atomic E-state index is 0.154. The van der Waals surface area contributed by atoms with Crippen LogP contribution in [0, 0.1) is 0 Å². The van der Waals surface area contributed by atoms with E-state index in [1.807, 2.05) is 18.2 Å². The maximum Gasteiger partial charge on any atom is 0.160 e. The van der Waals surface area contributed by atoms with Crippen LogP contribution in [0.15, 0.2) is 28.7 Å². The van der Waals surface area contributed by atoms with Gasteiger partial charge in [0.15, 0.2) is 5.78 Å². The van der Waals surface area contributed by atoms with Crippen molar-refractivity contribution in [2.45, 2.75) is 13.3 Å². The quantitative estimate of drug-likeness (QED) is 0.733.